The standard InChI is InChI=1S/C28H32N2O5S/c1-5-16-28(33,20-9-7-6-8-10-20)25(32)29-23-18-21-15-17-27(23,26(21,3)4)24(31)30(29)36(34,35)22-13-11-19(2)12-14-22/h5-14,21,23,33H,1,15-18H2,2-4H3/t21?,23?,27?,28-/m1/s1. The maximum absolute atomic E-state index is 14.3. The first-order valence-corrected chi connectivity index (χ1v) is 13.8. The van der Waals surface area contributed by atoms with Crippen LogP contribution in [0.15, 0.2) is 72.1 Å². The van der Waals surface area contributed by atoms with E-state index in [1.165, 1.54) is 18.2 Å². The highest BCUT2D eigenvalue weighted by Gasteiger charge is 2.77. The summed E-state index contributed by atoms with van der Waals surface area (Å²) in [7, 11) is -4.43. The predicted octanol–water partition coefficient (Wildman–Crippen LogP) is 3.93. The number of hydrazine groups is 1. The molecule has 3 aliphatic rings. The molecule has 3 unspecified atom stereocenters. The van der Waals surface area contributed by atoms with Gasteiger partial charge in [0, 0.05) is 6.42 Å². The van der Waals surface area contributed by atoms with Crippen molar-refractivity contribution in [3.05, 3.63) is 78.4 Å². The molecule has 8 heteroatoms. The van der Waals surface area contributed by atoms with Crippen LogP contribution in [0.5, 0.6) is 0 Å². The Labute approximate surface area is 212 Å². The van der Waals surface area contributed by atoms with Crippen molar-refractivity contribution in [2.24, 2.45) is 16.7 Å². The molecule has 3 fully saturated rings. The van der Waals surface area contributed by atoms with E-state index in [9.17, 15) is 23.1 Å². The summed E-state index contributed by atoms with van der Waals surface area (Å²) >= 11 is 0. The van der Waals surface area contributed by atoms with Crippen molar-refractivity contribution in [3.63, 3.8) is 0 Å². The number of aryl methyl sites for hydroxylation is 1. The normalized spacial score (nSPS) is 28.2. The van der Waals surface area contributed by atoms with E-state index >= 15 is 0 Å². The van der Waals surface area contributed by atoms with Crippen molar-refractivity contribution >= 4 is 21.8 Å². The van der Waals surface area contributed by atoms with Gasteiger partial charge in [-0.25, -0.2) is 5.01 Å². The Hall–Kier alpha value is -2.97. The number of hydrogen-bond acceptors (Lipinski definition) is 5. The highest BCUT2D eigenvalue weighted by molar-refractivity contribution is 7.89. The molecule has 2 aliphatic carbocycles. The summed E-state index contributed by atoms with van der Waals surface area (Å²) in [6.45, 7) is 9.56. The molecule has 1 heterocycles. The van der Waals surface area contributed by atoms with Crippen molar-refractivity contribution in [1.82, 2.24) is 9.42 Å². The van der Waals surface area contributed by atoms with Gasteiger partial charge < -0.3 is 5.11 Å². The predicted molar refractivity (Wildman–Crippen MR) is 135 cm³/mol. The molecule has 1 N–H and O–H groups in total. The molecule has 2 aromatic carbocycles. The summed E-state index contributed by atoms with van der Waals surface area (Å²) in [4.78, 5) is 28.5. The van der Waals surface area contributed by atoms with Crippen LogP contribution in [-0.4, -0.2) is 40.8 Å². The number of aliphatic hydroxyl groups is 1. The second-order valence-corrected chi connectivity index (χ2v) is 12.7. The summed E-state index contributed by atoms with van der Waals surface area (Å²) in [5.41, 5.74) is -2.42. The Balaban J connectivity index is 1.71. The summed E-state index contributed by atoms with van der Waals surface area (Å²) in [6, 6.07) is 14.0. The quantitative estimate of drug-likeness (QED) is 0.597. The average Bonchev–Trinajstić information content (AvgIpc) is 3.37. The number of nitrogens with zero attached hydrogens (tertiary/aromatic N) is 2. The Bertz CT molecular complexity index is 1340. The first-order valence-electron chi connectivity index (χ1n) is 12.3. The monoisotopic (exact) mass is 508 g/mol. The second-order valence-electron chi connectivity index (χ2n) is 10.9. The maximum Gasteiger partial charge on any atom is 0.284 e. The lowest BCUT2D eigenvalue weighted by atomic mass is 9.67. The molecule has 2 bridgehead atoms. The topological polar surface area (TPSA) is 95.0 Å². The molecule has 0 aromatic heterocycles. The van der Waals surface area contributed by atoms with Crippen LogP contribution in [0.25, 0.3) is 0 Å². The minimum atomic E-state index is -4.43. The van der Waals surface area contributed by atoms with Gasteiger partial charge in [-0.15, -0.1) is 11.0 Å². The fourth-order valence-electron chi connectivity index (χ4n) is 6.86. The van der Waals surface area contributed by atoms with E-state index in [1.54, 1.807) is 42.5 Å². The lowest BCUT2D eigenvalue weighted by Crippen LogP contribution is -2.56. The van der Waals surface area contributed by atoms with Crippen molar-refractivity contribution in [3.8, 4) is 0 Å². The van der Waals surface area contributed by atoms with Crippen LogP contribution in [0.4, 0.5) is 0 Å². The maximum atomic E-state index is 14.3. The zero-order valence-corrected chi connectivity index (χ0v) is 21.7. The minimum Gasteiger partial charge on any atom is -0.375 e. The molecular weight excluding hydrogens is 476 g/mol. The molecule has 1 spiro atoms. The molecule has 36 heavy (non-hydrogen) atoms. The number of carbonyl (C=O) groups excluding carboxylic acids is 2. The Morgan fingerprint density at radius 1 is 1.17 bits per heavy atom. The number of sulfonamides is 1. The van der Waals surface area contributed by atoms with Gasteiger partial charge in [0.05, 0.1) is 16.4 Å². The van der Waals surface area contributed by atoms with Gasteiger partial charge in [-0.1, -0.05) is 68.0 Å². The highest BCUT2D eigenvalue weighted by Crippen LogP contribution is 2.70. The summed E-state index contributed by atoms with van der Waals surface area (Å²) in [5, 5.41) is 12.9. The van der Waals surface area contributed by atoms with Gasteiger partial charge >= 0.3 is 0 Å². The number of amides is 2. The van der Waals surface area contributed by atoms with Gasteiger partial charge in [-0.3, -0.25) is 9.59 Å². The molecule has 7 nitrogen and oxygen atoms in total. The zero-order chi connectivity index (χ0) is 26.1. The molecule has 190 valence electrons. The molecule has 2 amide bonds. The Morgan fingerprint density at radius 3 is 2.39 bits per heavy atom. The van der Waals surface area contributed by atoms with Crippen LogP contribution >= 0.6 is 0 Å². The van der Waals surface area contributed by atoms with Gasteiger partial charge in [0.2, 0.25) is 0 Å². The average molecular weight is 509 g/mol. The van der Waals surface area contributed by atoms with Crippen molar-refractivity contribution in [1.29, 1.82) is 0 Å². The van der Waals surface area contributed by atoms with Gasteiger partial charge in [0.1, 0.15) is 0 Å². The van der Waals surface area contributed by atoms with Crippen LogP contribution in [-0.2, 0) is 25.2 Å². The van der Waals surface area contributed by atoms with Crippen LogP contribution < -0.4 is 0 Å². The van der Waals surface area contributed by atoms with Gasteiger partial charge in [-0.05, 0) is 55.2 Å². The number of rotatable bonds is 6. The molecule has 2 saturated carbocycles. The SMILES string of the molecule is C=CC[C@](O)(C(=O)N1C2CC3CCC2(C(=O)N1S(=O)(=O)c1ccc(C)cc1)C3(C)C)c1ccccc1. The highest BCUT2D eigenvalue weighted by atomic mass is 32.2. The summed E-state index contributed by atoms with van der Waals surface area (Å²) in [6.07, 6.45) is 3.10. The smallest absolute Gasteiger partial charge is 0.284 e. The number of carbonyl (C=O) groups is 2. The van der Waals surface area contributed by atoms with E-state index < -0.39 is 44.3 Å². The van der Waals surface area contributed by atoms with E-state index in [0.29, 0.717) is 22.8 Å². The molecule has 4 atom stereocenters. The number of hydrogen-bond donors (Lipinski definition) is 1. The summed E-state index contributed by atoms with van der Waals surface area (Å²) in [5.74, 6) is -1.24. The van der Waals surface area contributed by atoms with Gasteiger partial charge in [-0.2, -0.15) is 8.42 Å². The third-order valence-electron chi connectivity index (χ3n) is 8.98. The number of fused-ring (bicyclic) bond motifs is 1. The minimum absolute atomic E-state index is 0.0741. The van der Waals surface area contributed by atoms with Crippen LogP contribution in [0.1, 0.15) is 50.7 Å². The van der Waals surface area contributed by atoms with E-state index in [4.69, 9.17) is 0 Å². The fourth-order valence-corrected chi connectivity index (χ4v) is 8.34. The zero-order valence-electron chi connectivity index (χ0n) is 20.8. The van der Waals surface area contributed by atoms with Crippen LogP contribution in [0.2, 0.25) is 0 Å². The molecule has 5 rings (SSSR count). The van der Waals surface area contributed by atoms with E-state index in [2.05, 4.69) is 6.58 Å². The number of benzene rings is 2. The largest absolute Gasteiger partial charge is 0.375 e. The molecule has 1 aliphatic heterocycles. The third-order valence-corrected chi connectivity index (χ3v) is 10.6. The Morgan fingerprint density at radius 2 is 1.81 bits per heavy atom. The first kappa shape index (κ1) is 24.7. The van der Waals surface area contributed by atoms with Crippen molar-refractivity contribution < 1.29 is 23.1 Å². The van der Waals surface area contributed by atoms with Gasteiger partial charge in [0.25, 0.3) is 21.8 Å². The van der Waals surface area contributed by atoms with Crippen LogP contribution in [0, 0.1) is 23.7 Å². The van der Waals surface area contributed by atoms with E-state index in [0.717, 1.165) is 17.0 Å². The second kappa shape index (κ2) is 8.02. The van der Waals surface area contributed by atoms with E-state index in [1.807, 2.05) is 20.8 Å². The lowest BCUT2D eigenvalue weighted by Gasteiger charge is -2.38. The first-order chi connectivity index (χ1) is 16.9. The lowest BCUT2D eigenvalue weighted by molar-refractivity contribution is -0.166. The summed E-state index contributed by atoms with van der Waals surface area (Å²) < 4.78 is 28.7. The van der Waals surface area contributed by atoms with Gasteiger partial charge in [0.15, 0.2) is 5.60 Å². The molecule has 0 radical (unpaired) electrons. The van der Waals surface area contributed by atoms with E-state index in [-0.39, 0.29) is 17.2 Å². The molecular formula is C28H32N2O5S. The van der Waals surface area contributed by atoms with Crippen molar-refractivity contribution in [2.75, 3.05) is 0 Å². The van der Waals surface area contributed by atoms with Crippen LogP contribution in [0.3, 0.4) is 0 Å². The molecule has 2 aromatic rings. The third kappa shape index (κ3) is 3.03. The molecule has 1 saturated heterocycles. The Kier molecular flexibility index (Phi) is 5.50. The fraction of sp³-hybridized carbons (Fsp3) is 0.429. The van der Waals surface area contributed by atoms with Crippen molar-refractivity contribution in [2.45, 2.75) is 63.0 Å².